The summed E-state index contributed by atoms with van der Waals surface area (Å²) in [6, 6.07) is 6.24. The molecule has 1 aromatic heterocycles. The highest BCUT2D eigenvalue weighted by atomic mass is 16.5. The van der Waals surface area contributed by atoms with Gasteiger partial charge in [0.15, 0.2) is 0 Å². The predicted octanol–water partition coefficient (Wildman–Crippen LogP) is 2.35. The highest BCUT2D eigenvalue weighted by Gasteiger charge is 2.08. The van der Waals surface area contributed by atoms with Crippen molar-refractivity contribution in [1.29, 1.82) is 0 Å². The first-order valence-electron chi connectivity index (χ1n) is 6.91. The zero-order chi connectivity index (χ0) is 17.0. The van der Waals surface area contributed by atoms with Gasteiger partial charge in [-0.2, -0.15) is 0 Å². The van der Waals surface area contributed by atoms with Crippen LogP contribution in [0.4, 0.5) is 16.2 Å². The standard InChI is InChI=1S/C16H19N3O4/c1-10-5-12(9-19(2)15(10)20)18-16(21)17-11-6-13(22-3)8-14(7-11)23-4/h5-9H,1-4H3,(H2,17,18,21). The molecule has 0 aliphatic carbocycles. The van der Waals surface area contributed by atoms with Crippen LogP contribution in [-0.4, -0.2) is 24.8 Å². The highest BCUT2D eigenvalue weighted by molar-refractivity contribution is 5.99. The molecule has 1 heterocycles. The number of nitrogens with one attached hydrogen (secondary N) is 2. The molecule has 0 unspecified atom stereocenters. The molecule has 0 radical (unpaired) electrons. The van der Waals surface area contributed by atoms with Crippen molar-refractivity contribution in [3.05, 3.63) is 46.4 Å². The topological polar surface area (TPSA) is 81.6 Å². The van der Waals surface area contributed by atoms with E-state index in [-0.39, 0.29) is 5.56 Å². The van der Waals surface area contributed by atoms with Crippen LogP contribution in [-0.2, 0) is 7.05 Å². The zero-order valence-electron chi connectivity index (χ0n) is 13.5. The van der Waals surface area contributed by atoms with E-state index in [1.807, 2.05) is 0 Å². The van der Waals surface area contributed by atoms with E-state index < -0.39 is 6.03 Å². The molecule has 2 rings (SSSR count). The third-order valence-electron chi connectivity index (χ3n) is 3.23. The van der Waals surface area contributed by atoms with E-state index in [0.29, 0.717) is 28.4 Å². The lowest BCUT2D eigenvalue weighted by Crippen LogP contribution is -2.23. The first-order valence-corrected chi connectivity index (χ1v) is 6.91. The molecule has 0 fully saturated rings. The van der Waals surface area contributed by atoms with Crippen molar-refractivity contribution in [3.63, 3.8) is 0 Å². The summed E-state index contributed by atoms with van der Waals surface area (Å²) in [6.45, 7) is 1.69. The summed E-state index contributed by atoms with van der Waals surface area (Å²) in [6.07, 6.45) is 1.56. The van der Waals surface area contributed by atoms with E-state index in [1.165, 1.54) is 18.8 Å². The average Bonchev–Trinajstić information content (AvgIpc) is 2.51. The Morgan fingerprint density at radius 3 is 2.09 bits per heavy atom. The van der Waals surface area contributed by atoms with Crippen LogP contribution in [0.15, 0.2) is 35.3 Å². The monoisotopic (exact) mass is 317 g/mol. The van der Waals surface area contributed by atoms with Crippen LogP contribution in [0.1, 0.15) is 5.56 Å². The smallest absolute Gasteiger partial charge is 0.323 e. The van der Waals surface area contributed by atoms with Crippen LogP contribution in [0.5, 0.6) is 11.5 Å². The molecular weight excluding hydrogens is 298 g/mol. The Hall–Kier alpha value is -2.96. The van der Waals surface area contributed by atoms with Crippen molar-refractivity contribution >= 4 is 17.4 Å². The Labute approximate surface area is 133 Å². The number of hydrogen-bond acceptors (Lipinski definition) is 4. The Kier molecular flexibility index (Phi) is 4.90. The number of methoxy groups -OCH3 is 2. The van der Waals surface area contributed by atoms with E-state index in [0.717, 1.165) is 0 Å². The number of anilines is 2. The molecule has 122 valence electrons. The minimum Gasteiger partial charge on any atom is -0.497 e. The molecule has 0 atom stereocenters. The number of amides is 2. The summed E-state index contributed by atoms with van der Waals surface area (Å²) in [4.78, 5) is 23.7. The fraction of sp³-hybridized carbons (Fsp3) is 0.250. The molecule has 7 heteroatoms. The van der Waals surface area contributed by atoms with Crippen molar-refractivity contribution < 1.29 is 14.3 Å². The van der Waals surface area contributed by atoms with Crippen LogP contribution in [0, 0.1) is 6.92 Å². The lowest BCUT2D eigenvalue weighted by molar-refractivity contribution is 0.262. The van der Waals surface area contributed by atoms with Crippen molar-refractivity contribution in [2.45, 2.75) is 6.92 Å². The number of aryl methyl sites for hydroxylation is 2. The molecule has 2 aromatic rings. The average molecular weight is 317 g/mol. The van der Waals surface area contributed by atoms with E-state index in [1.54, 1.807) is 44.4 Å². The third kappa shape index (κ3) is 4.03. The van der Waals surface area contributed by atoms with Crippen LogP contribution in [0.2, 0.25) is 0 Å². The quantitative estimate of drug-likeness (QED) is 0.907. The van der Waals surface area contributed by atoms with Gasteiger partial charge in [-0.3, -0.25) is 4.79 Å². The molecule has 0 aliphatic heterocycles. The molecule has 1 aromatic carbocycles. The molecule has 2 amide bonds. The maximum atomic E-state index is 12.1. The summed E-state index contributed by atoms with van der Waals surface area (Å²) < 4.78 is 11.7. The van der Waals surface area contributed by atoms with Gasteiger partial charge in [-0.15, -0.1) is 0 Å². The number of carbonyl (C=O) groups is 1. The van der Waals surface area contributed by atoms with E-state index >= 15 is 0 Å². The number of hydrogen-bond donors (Lipinski definition) is 2. The van der Waals surface area contributed by atoms with Crippen molar-refractivity contribution in [2.75, 3.05) is 24.9 Å². The molecule has 23 heavy (non-hydrogen) atoms. The van der Waals surface area contributed by atoms with Gasteiger partial charge < -0.3 is 24.7 Å². The van der Waals surface area contributed by atoms with Crippen molar-refractivity contribution in [3.8, 4) is 11.5 Å². The molecule has 0 saturated carbocycles. The SMILES string of the molecule is COc1cc(NC(=O)Nc2cc(C)c(=O)n(C)c2)cc(OC)c1. The summed E-state index contributed by atoms with van der Waals surface area (Å²) in [5.41, 5.74) is 1.50. The van der Waals surface area contributed by atoms with Crippen molar-refractivity contribution in [1.82, 2.24) is 4.57 Å². The second-order valence-corrected chi connectivity index (χ2v) is 5.01. The van der Waals surface area contributed by atoms with Crippen LogP contribution >= 0.6 is 0 Å². The molecule has 0 spiro atoms. The van der Waals surface area contributed by atoms with Gasteiger partial charge in [0.2, 0.25) is 0 Å². The van der Waals surface area contributed by atoms with E-state index in [9.17, 15) is 9.59 Å². The molecule has 0 bridgehead atoms. The maximum Gasteiger partial charge on any atom is 0.323 e. The largest absolute Gasteiger partial charge is 0.497 e. The van der Waals surface area contributed by atoms with Crippen LogP contribution in [0.25, 0.3) is 0 Å². The lowest BCUT2D eigenvalue weighted by atomic mass is 10.2. The van der Waals surface area contributed by atoms with Gasteiger partial charge in [0, 0.05) is 42.7 Å². The van der Waals surface area contributed by atoms with Gasteiger partial charge in [-0.1, -0.05) is 0 Å². The van der Waals surface area contributed by atoms with E-state index in [4.69, 9.17) is 9.47 Å². The number of aromatic nitrogens is 1. The summed E-state index contributed by atoms with van der Waals surface area (Å²) in [5.74, 6) is 1.13. The first-order chi connectivity index (χ1) is 10.9. The fourth-order valence-electron chi connectivity index (χ4n) is 2.12. The minimum absolute atomic E-state index is 0.103. The Morgan fingerprint density at radius 2 is 1.57 bits per heavy atom. The Morgan fingerprint density at radius 1 is 1.00 bits per heavy atom. The fourth-order valence-corrected chi connectivity index (χ4v) is 2.12. The van der Waals surface area contributed by atoms with Gasteiger partial charge in [0.25, 0.3) is 5.56 Å². The molecule has 0 aliphatic rings. The highest BCUT2D eigenvalue weighted by Crippen LogP contribution is 2.25. The van der Waals surface area contributed by atoms with Crippen LogP contribution in [0.3, 0.4) is 0 Å². The van der Waals surface area contributed by atoms with Crippen LogP contribution < -0.4 is 25.7 Å². The predicted molar refractivity (Wildman–Crippen MR) is 88.6 cm³/mol. The van der Waals surface area contributed by atoms with Crippen molar-refractivity contribution in [2.24, 2.45) is 7.05 Å². The summed E-state index contributed by atoms with van der Waals surface area (Å²) in [5, 5.41) is 5.38. The number of rotatable bonds is 4. The third-order valence-corrected chi connectivity index (χ3v) is 3.23. The minimum atomic E-state index is -0.432. The zero-order valence-corrected chi connectivity index (χ0v) is 13.5. The van der Waals surface area contributed by atoms with Gasteiger partial charge in [0.05, 0.1) is 19.9 Å². The summed E-state index contributed by atoms with van der Waals surface area (Å²) >= 11 is 0. The molecule has 7 nitrogen and oxygen atoms in total. The van der Waals surface area contributed by atoms with E-state index in [2.05, 4.69) is 10.6 Å². The first kappa shape index (κ1) is 16.4. The number of nitrogens with zero attached hydrogens (tertiary/aromatic N) is 1. The Bertz CT molecular complexity index is 735. The number of urea groups is 1. The Balaban J connectivity index is 2.15. The maximum absolute atomic E-state index is 12.1. The molecular formula is C16H19N3O4. The summed E-state index contributed by atoms with van der Waals surface area (Å²) in [7, 11) is 4.70. The van der Waals surface area contributed by atoms with Gasteiger partial charge in [-0.05, 0) is 13.0 Å². The molecule has 0 saturated heterocycles. The molecule has 2 N–H and O–H groups in total. The van der Waals surface area contributed by atoms with Gasteiger partial charge in [0.1, 0.15) is 11.5 Å². The number of pyridine rings is 1. The number of ether oxygens (including phenoxy) is 2. The second-order valence-electron chi connectivity index (χ2n) is 5.01. The normalized spacial score (nSPS) is 10.1. The second kappa shape index (κ2) is 6.87. The number of benzene rings is 1. The number of carbonyl (C=O) groups excluding carboxylic acids is 1. The lowest BCUT2D eigenvalue weighted by Gasteiger charge is -2.11. The van der Waals surface area contributed by atoms with Gasteiger partial charge >= 0.3 is 6.03 Å². The van der Waals surface area contributed by atoms with Gasteiger partial charge in [-0.25, -0.2) is 4.79 Å².